The highest BCUT2D eigenvalue weighted by Crippen LogP contribution is 2.29. The molecule has 0 saturated carbocycles. The molecule has 8 nitrogen and oxygen atoms in total. The van der Waals surface area contributed by atoms with Gasteiger partial charge in [0, 0.05) is 43.4 Å². The first kappa shape index (κ1) is 20.5. The summed E-state index contributed by atoms with van der Waals surface area (Å²) in [6.45, 7) is 5.02. The molecule has 0 unspecified atom stereocenters. The average molecular weight is 439 g/mol. The van der Waals surface area contributed by atoms with E-state index in [0.717, 1.165) is 43.1 Å². The lowest BCUT2D eigenvalue weighted by Crippen LogP contribution is -2.40. The summed E-state index contributed by atoms with van der Waals surface area (Å²) in [5, 5.41) is 2.65. The third-order valence-electron chi connectivity index (χ3n) is 5.33. The number of carbonyl (C=O) groups is 1. The molecule has 2 aromatic rings. The number of piperidine rings is 1. The Kier molecular flexibility index (Phi) is 6.05. The Labute approximate surface area is 175 Å². The monoisotopic (exact) mass is 438 g/mol. The molecule has 2 saturated heterocycles. The molecule has 10 heteroatoms. The van der Waals surface area contributed by atoms with Crippen molar-refractivity contribution < 1.29 is 17.9 Å². The lowest BCUT2D eigenvalue weighted by atomic mass is 10.1. The zero-order chi connectivity index (χ0) is 20.4. The number of carbonyl (C=O) groups excluding carboxylic acids is 1. The molecule has 2 fully saturated rings. The summed E-state index contributed by atoms with van der Waals surface area (Å²) in [6.07, 6.45) is 4.77. The van der Waals surface area contributed by atoms with Gasteiger partial charge in [0.2, 0.25) is 15.9 Å². The molecule has 0 atom stereocenters. The van der Waals surface area contributed by atoms with Gasteiger partial charge in [-0.2, -0.15) is 4.31 Å². The molecule has 29 heavy (non-hydrogen) atoms. The van der Waals surface area contributed by atoms with Crippen molar-refractivity contribution in [2.45, 2.75) is 37.6 Å². The van der Waals surface area contributed by atoms with Gasteiger partial charge in [0.25, 0.3) is 0 Å². The zero-order valence-electron chi connectivity index (χ0n) is 16.5. The Morgan fingerprint density at radius 3 is 2.55 bits per heavy atom. The van der Waals surface area contributed by atoms with Crippen LogP contribution < -0.4 is 0 Å². The predicted molar refractivity (Wildman–Crippen MR) is 110 cm³/mol. The minimum absolute atomic E-state index is 0.0187. The first-order valence-corrected chi connectivity index (χ1v) is 12.3. The van der Waals surface area contributed by atoms with E-state index in [1.807, 2.05) is 17.2 Å². The molecule has 2 aromatic heterocycles. The van der Waals surface area contributed by atoms with Gasteiger partial charge in [-0.1, -0.05) is 0 Å². The van der Waals surface area contributed by atoms with Crippen molar-refractivity contribution in [1.29, 1.82) is 0 Å². The lowest BCUT2D eigenvalue weighted by Gasteiger charge is -2.27. The Balaban J connectivity index is 1.66. The fourth-order valence-corrected chi connectivity index (χ4v) is 6.01. The van der Waals surface area contributed by atoms with Crippen LogP contribution in [0.15, 0.2) is 22.5 Å². The van der Waals surface area contributed by atoms with Crippen molar-refractivity contribution in [1.82, 2.24) is 18.8 Å². The molecule has 0 spiro atoms. The molecule has 0 aliphatic carbocycles. The Bertz CT molecular complexity index is 970. The van der Waals surface area contributed by atoms with Crippen molar-refractivity contribution in [2.24, 2.45) is 0 Å². The van der Waals surface area contributed by atoms with Crippen molar-refractivity contribution in [2.75, 3.05) is 39.4 Å². The van der Waals surface area contributed by atoms with Gasteiger partial charge in [0.15, 0.2) is 0 Å². The average Bonchev–Trinajstić information content (AvgIpc) is 3.36. The summed E-state index contributed by atoms with van der Waals surface area (Å²) in [4.78, 5) is 19.4. The SMILES string of the molecule is Cc1csc(-c2cc(S(=O)(=O)N3CCOCC3)cn2CC(=O)N2CCCCC2)n1. The van der Waals surface area contributed by atoms with Gasteiger partial charge < -0.3 is 14.2 Å². The Hall–Kier alpha value is -1.75. The van der Waals surface area contributed by atoms with E-state index in [4.69, 9.17) is 4.74 Å². The second-order valence-electron chi connectivity index (χ2n) is 7.44. The fourth-order valence-electron chi connectivity index (χ4n) is 3.73. The third-order valence-corrected chi connectivity index (χ3v) is 8.18. The van der Waals surface area contributed by atoms with Crippen LogP contribution in [0.1, 0.15) is 25.0 Å². The van der Waals surface area contributed by atoms with Crippen LogP contribution in [0.5, 0.6) is 0 Å². The standard InChI is InChI=1S/C19H26N4O4S2/c1-15-14-28-19(20-15)17-11-16(29(25,26)23-7-9-27-10-8-23)12-22(17)13-18(24)21-5-3-2-4-6-21/h11-12,14H,2-10,13H2,1H3. The highest BCUT2D eigenvalue weighted by atomic mass is 32.2. The number of morpholine rings is 1. The first-order chi connectivity index (χ1) is 13.9. The molecular formula is C19H26N4O4S2. The number of hydrogen-bond donors (Lipinski definition) is 0. The molecular weight excluding hydrogens is 412 g/mol. The van der Waals surface area contributed by atoms with Gasteiger partial charge in [-0.3, -0.25) is 4.79 Å². The van der Waals surface area contributed by atoms with E-state index >= 15 is 0 Å². The Morgan fingerprint density at radius 2 is 1.90 bits per heavy atom. The number of thiazole rings is 1. The van der Waals surface area contributed by atoms with Gasteiger partial charge in [-0.15, -0.1) is 11.3 Å². The summed E-state index contributed by atoms with van der Waals surface area (Å²) in [5.74, 6) is 0.0187. The van der Waals surface area contributed by atoms with Crippen LogP contribution in [0.25, 0.3) is 10.7 Å². The molecule has 4 rings (SSSR count). The van der Waals surface area contributed by atoms with E-state index in [1.165, 1.54) is 15.6 Å². The molecule has 0 N–H and O–H groups in total. The van der Waals surface area contributed by atoms with Crippen LogP contribution in [0.4, 0.5) is 0 Å². The van der Waals surface area contributed by atoms with E-state index in [0.29, 0.717) is 32.0 Å². The van der Waals surface area contributed by atoms with E-state index in [-0.39, 0.29) is 17.3 Å². The van der Waals surface area contributed by atoms with Crippen LogP contribution >= 0.6 is 11.3 Å². The van der Waals surface area contributed by atoms with E-state index in [2.05, 4.69) is 4.98 Å². The number of ether oxygens (including phenoxy) is 1. The van der Waals surface area contributed by atoms with Crippen molar-refractivity contribution in [3.8, 4) is 10.7 Å². The molecule has 1 amide bonds. The van der Waals surface area contributed by atoms with Crippen molar-refractivity contribution >= 4 is 27.3 Å². The minimum Gasteiger partial charge on any atom is -0.379 e. The predicted octanol–water partition coefficient (Wildman–Crippen LogP) is 1.95. The fraction of sp³-hybridized carbons (Fsp3) is 0.579. The smallest absolute Gasteiger partial charge is 0.244 e. The molecule has 0 radical (unpaired) electrons. The van der Waals surface area contributed by atoms with Crippen molar-refractivity contribution in [3.05, 3.63) is 23.3 Å². The molecule has 2 aliphatic heterocycles. The highest BCUT2D eigenvalue weighted by Gasteiger charge is 2.29. The van der Waals surface area contributed by atoms with Crippen LogP contribution in [0.3, 0.4) is 0 Å². The topological polar surface area (TPSA) is 84.7 Å². The van der Waals surface area contributed by atoms with Gasteiger partial charge in [0.05, 0.1) is 18.9 Å². The van der Waals surface area contributed by atoms with Gasteiger partial charge in [0.1, 0.15) is 16.4 Å². The maximum absolute atomic E-state index is 13.1. The minimum atomic E-state index is -3.64. The largest absolute Gasteiger partial charge is 0.379 e. The number of amides is 1. The Morgan fingerprint density at radius 1 is 1.17 bits per heavy atom. The normalized spacial score (nSPS) is 18.9. The van der Waals surface area contributed by atoms with E-state index in [9.17, 15) is 13.2 Å². The molecule has 158 valence electrons. The number of likely N-dealkylation sites (tertiary alicyclic amines) is 1. The molecule has 4 heterocycles. The number of sulfonamides is 1. The van der Waals surface area contributed by atoms with E-state index < -0.39 is 10.0 Å². The van der Waals surface area contributed by atoms with Crippen LogP contribution in [0, 0.1) is 6.92 Å². The first-order valence-electron chi connectivity index (χ1n) is 9.93. The second-order valence-corrected chi connectivity index (χ2v) is 10.2. The quantitative estimate of drug-likeness (QED) is 0.712. The number of hydrogen-bond acceptors (Lipinski definition) is 6. The summed E-state index contributed by atoms with van der Waals surface area (Å²) in [6, 6.07) is 1.65. The molecule has 0 aromatic carbocycles. The summed E-state index contributed by atoms with van der Waals surface area (Å²) in [5.41, 5.74) is 1.54. The zero-order valence-corrected chi connectivity index (χ0v) is 18.2. The number of aromatic nitrogens is 2. The second kappa shape index (κ2) is 8.55. The number of aryl methyl sites for hydroxylation is 1. The van der Waals surface area contributed by atoms with Gasteiger partial charge in [-0.25, -0.2) is 13.4 Å². The van der Waals surface area contributed by atoms with Crippen LogP contribution in [-0.2, 0) is 26.1 Å². The highest BCUT2D eigenvalue weighted by molar-refractivity contribution is 7.89. The number of nitrogens with zero attached hydrogens (tertiary/aromatic N) is 4. The summed E-state index contributed by atoms with van der Waals surface area (Å²) >= 11 is 1.45. The van der Waals surface area contributed by atoms with Crippen molar-refractivity contribution in [3.63, 3.8) is 0 Å². The van der Waals surface area contributed by atoms with E-state index in [1.54, 1.807) is 16.8 Å². The van der Waals surface area contributed by atoms with Crippen LogP contribution in [0.2, 0.25) is 0 Å². The number of rotatable bonds is 5. The molecule has 2 aliphatic rings. The van der Waals surface area contributed by atoms with Gasteiger partial charge >= 0.3 is 0 Å². The maximum Gasteiger partial charge on any atom is 0.244 e. The molecule has 0 bridgehead atoms. The summed E-state index contributed by atoms with van der Waals surface area (Å²) < 4.78 is 34.7. The lowest BCUT2D eigenvalue weighted by molar-refractivity contribution is -0.132. The third kappa shape index (κ3) is 4.40. The summed E-state index contributed by atoms with van der Waals surface area (Å²) in [7, 11) is -3.64. The van der Waals surface area contributed by atoms with Gasteiger partial charge in [-0.05, 0) is 32.3 Å². The van der Waals surface area contributed by atoms with Crippen LogP contribution in [-0.4, -0.2) is 72.5 Å². The maximum atomic E-state index is 13.1.